The van der Waals surface area contributed by atoms with Gasteiger partial charge in [-0.2, -0.15) is 15.8 Å². The van der Waals surface area contributed by atoms with E-state index in [1.807, 2.05) is 48.0 Å². The Hall–Kier alpha value is -4.66. The molecule has 0 saturated carbocycles. The summed E-state index contributed by atoms with van der Waals surface area (Å²) in [6.45, 7) is 0. The molecule has 3 aromatic carbocycles. The molecule has 1 aromatic heterocycles. The fourth-order valence-electron chi connectivity index (χ4n) is 3.39. The van der Waals surface area contributed by atoms with Crippen LogP contribution >= 0.6 is 0 Å². The molecular formula is C25H15N5. The lowest BCUT2D eigenvalue weighted by atomic mass is 10.0. The lowest BCUT2D eigenvalue weighted by Gasteiger charge is -2.08. The zero-order chi connectivity index (χ0) is 21.1. The molecular weight excluding hydrogens is 370 g/mol. The van der Waals surface area contributed by atoms with Crippen molar-refractivity contribution in [3.63, 3.8) is 0 Å². The second-order valence-electron chi connectivity index (χ2n) is 6.76. The van der Waals surface area contributed by atoms with Gasteiger partial charge in [0, 0.05) is 23.7 Å². The Morgan fingerprint density at radius 2 is 1.00 bits per heavy atom. The number of rotatable bonds is 3. The Morgan fingerprint density at radius 1 is 0.600 bits per heavy atom. The predicted molar refractivity (Wildman–Crippen MR) is 114 cm³/mol. The van der Waals surface area contributed by atoms with Crippen molar-refractivity contribution in [3.8, 4) is 52.1 Å². The predicted octanol–water partition coefficient (Wildman–Crippen LogP) is 5.04. The first-order chi connectivity index (χ1) is 14.6. The van der Waals surface area contributed by atoms with E-state index >= 15 is 0 Å². The zero-order valence-corrected chi connectivity index (χ0v) is 16.2. The van der Waals surface area contributed by atoms with Gasteiger partial charge >= 0.3 is 0 Å². The highest BCUT2D eigenvalue weighted by molar-refractivity contribution is 5.82. The number of hydrogen-bond acceptors (Lipinski definition) is 4. The van der Waals surface area contributed by atoms with Gasteiger partial charge in [-0.1, -0.05) is 24.3 Å². The Balaban J connectivity index is 1.93. The van der Waals surface area contributed by atoms with Crippen LogP contribution in [0.1, 0.15) is 16.7 Å². The van der Waals surface area contributed by atoms with Crippen molar-refractivity contribution in [2.75, 3.05) is 0 Å². The average molecular weight is 385 g/mol. The standard InChI is InChI=1S/C25H15N5/c1-30-24(21-10-4-18(15-27)5-11-21)23(20-8-2-17(14-26)3-9-20)29-25(30)22-12-6-19(16-28)7-13-22/h2-13H,1H3. The van der Waals surface area contributed by atoms with Gasteiger partial charge < -0.3 is 4.57 Å². The molecule has 0 N–H and O–H groups in total. The summed E-state index contributed by atoms with van der Waals surface area (Å²) in [5.74, 6) is 0.762. The van der Waals surface area contributed by atoms with E-state index in [1.54, 1.807) is 36.4 Å². The molecule has 1 heterocycles. The first-order valence-corrected chi connectivity index (χ1v) is 9.23. The highest BCUT2D eigenvalue weighted by Gasteiger charge is 2.19. The molecule has 4 aromatic rings. The first kappa shape index (κ1) is 18.7. The molecule has 0 spiro atoms. The van der Waals surface area contributed by atoms with Crippen LogP contribution in [0.2, 0.25) is 0 Å². The van der Waals surface area contributed by atoms with Gasteiger partial charge in [-0.15, -0.1) is 0 Å². The number of benzene rings is 3. The number of nitrogens with zero attached hydrogens (tertiary/aromatic N) is 5. The van der Waals surface area contributed by atoms with E-state index in [0.29, 0.717) is 16.7 Å². The van der Waals surface area contributed by atoms with Crippen LogP contribution in [-0.4, -0.2) is 9.55 Å². The van der Waals surface area contributed by atoms with E-state index in [4.69, 9.17) is 20.8 Å². The molecule has 0 aliphatic heterocycles. The van der Waals surface area contributed by atoms with Gasteiger partial charge in [-0.05, 0) is 48.5 Å². The minimum Gasteiger partial charge on any atom is -0.327 e. The minimum absolute atomic E-state index is 0.585. The molecule has 0 aliphatic carbocycles. The summed E-state index contributed by atoms with van der Waals surface area (Å²) in [6, 6.07) is 28.4. The average Bonchev–Trinajstić information content (AvgIpc) is 3.16. The maximum absolute atomic E-state index is 9.11. The molecule has 140 valence electrons. The van der Waals surface area contributed by atoms with Crippen LogP contribution in [0.15, 0.2) is 72.8 Å². The number of aromatic nitrogens is 2. The van der Waals surface area contributed by atoms with Crippen LogP contribution in [0.4, 0.5) is 0 Å². The molecule has 5 heteroatoms. The van der Waals surface area contributed by atoms with E-state index < -0.39 is 0 Å². The third kappa shape index (κ3) is 3.31. The van der Waals surface area contributed by atoms with E-state index in [0.717, 1.165) is 33.9 Å². The van der Waals surface area contributed by atoms with Crippen LogP contribution in [0.25, 0.3) is 33.9 Å². The van der Waals surface area contributed by atoms with Crippen LogP contribution in [-0.2, 0) is 7.05 Å². The van der Waals surface area contributed by atoms with Crippen molar-refractivity contribution in [3.05, 3.63) is 89.5 Å². The molecule has 0 fully saturated rings. The molecule has 0 saturated heterocycles. The minimum atomic E-state index is 0.585. The van der Waals surface area contributed by atoms with Crippen molar-refractivity contribution in [1.29, 1.82) is 15.8 Å². The van der Waals surface area contributed by atoms with Crippen LogP contribution in [0.3, 0.4) is 0 Å². The topological polar surface area (TPSA) is 89.2 Å². The normalized spacial score (nSPS) is 10.1. The second kappa shape index (κ2) is 7.76. The van der Waals surface area contributed by atoms with Gasteiger partial charge in [0.1, 0.15) is 5.82 Å². The summed E-state index contributed by atoms with van der Waals surface area (Å²) in [5, 5.41) is 27.3. The Morgan fingerprint density at radius 3 is 1.43 bits per heavy atom. The third-order valence-electron chi connectivity index (χ3n) is 4.94. The van der Waals surface area contributed by atoms with Crippen LogP contribution < -0.4 is 0 Å². The summed E-state index contributed by atoms with van der Waals surface area (Å²) >= 11 is 0. The van der Waals surface area contributed by atoms with E-state index in [1.165, 1.54) is 0 Å². The summed E-state index contributed by atoms with van der Waals surface area (Å²) in [6.07, 6.45) is 0. The molecule has 0 unspecified atom stereocenters. The van der Waals surface area contributed by atoms with E-state index in [9.17, 15) is 0 Å². The fraction of sp³-hybridized carbons (Fsp3) is 0.0400. The molecule has 0 atom stereocenters. The molecule has 0 aliphatic rings. The van der Waals surface area contributed by atoms with Gasteiger partial charge in [0.15, 0.2) is 0 Å². The molecule has 5 nitrogen and oxygen atoms in total. The highest BCUT2D eigenvalue weighted by atomic mass is 15.1. The highest BCUT2D eigenvalue weighted by Crippen LogP contribution is 2.35. The van der Waals surface area contributed by atoms with Crippen molar-refractivity contribution in [2.45, 2.75) is 0 Å². The van der Waals surface area contributed by atoms with Gasteiger partial charge in [0.25, 0.3) is 0 Å². The summed E-state index contributed by atoms with van der Waals surface area (Å²) in [7, 11) is 1.95. The molecule has 4 rings (SSSR count). The maximum Gasteiger partial charge on any atom is 0.140 e. The Bertz CT molecular complexity index is 1340. The second-order valence-corrected chi connectivity index (χ2v) is 6.76. The monoisotopic (exact) mass is 385 g/mol. The lowest BCUT2D eigenvalue weighted by Crippen LogP contribution is -1.96. The molecule has 0 bridgehead atoms. The van der Waals surface area contributed by atoms with Gasteiger partial charge in [-0.3, -0.25) is 0 Å². The Kier molecular flexibility index (Phi) is 4.83. The van der Waals surface area contributed by atoms with Gasteiger partial charge in [-0.25, -0.2) is 4.98 Å². The number of nitriles is 3. The molecule has 0 amide bonds. The number of imidazole rings is 1. The van der Waals surface area contributed by atoms with Crippen LogP contribution in [0, 0.1) is 34.0 Å². The van der Waals surface area contributed by atoms with Gasteiger partial charge in [0.2, 0.25) is 0 Å². The van der Waals surface area contributed by atoms with Gasteiger partial charge in [0.05, 0.1) is 46.3 Å². The van der Waals surface area contributed by atoms with E-state index in [2.05, 4.69) is 18.2 Å². The molecule has 0 radical (unpaired) electrons. The van der Waals surface area contributed by atoms with Crippen LogP contribution in [0.5, 0.6) is 0 Å². The van der Waals surface area contributed by atoms with Crippen molar-refractivity contribution in [2.24, 2.45) is 7.05 Å². The SMILES string of the molecule is Cn1c(-c2ccc(C#N)cc2)nc(-c2ccc(C#N)cc2)c1-c1ccc(C#N)cc1. The summed E-state index contributed by atoms with van der Waals surface area (Å²) in [5.41, 5.74) is 6.18. The summed E-state index contributed by atoms with van der Waals surface area (Å²) in [4.78, 5) is 4.91. The van der Waals surface area contributed by atoms with Crippen molar-refractivity contribution < 1.29 is 0 Å². The Labute approximate surface area is 174 Å². The zero-order valence-electron chi connectivity index (χ0n) is 16.2. The summed E-state index contributed by atoms with van der Waals surface area (Å²) < 4.78 is 2.01. The quantitative estimate of drug-likeness (QED) is 0.494. The lowest BCUT2D eigenvalue weighted by molar-refractivity contribution is 0.933. The third-order valence-corrected chi connectivity index (χ3v) is 4.94. The van der Waals surface area contributed by atoms with Crippen molar-refractivity contribution in [1.82, 2.24) is 9.55 Å². The first-order valence-electron chi connectivity index (χ1n) is 9.23. The number of hydrogen-bond donors (Lipinski definition) is 0. The maximum atomic E-state index is 9.11. The van der Waals surface area contributed by atoms with Crippen molar-refractivity contribution >= 4 is 0 Å². The largest absolute Gasteiger partial charge is 0.327 e. The molecule has 30 heavy (non-hydrogen) atoms. The smallest absolute Gasteiger partial charge is 0.140 e. The van der Waals surface area contributed by atoms with E-state index in [-0.39, 0.29) is 0 Å². The fourth-order valence-corrected chi connectivity index (χ4v) is 3.39.